The molecule has 0 fully saturated rings. The lowest BCUT2D eigenvalue weighted by Gasteiger charge is -1.77. The summed E-state index contributed by atoms with van der Waals surface area (Å²) in [4.78, 5) is 8.67. The van der Waals surface area contributed by atoms with Crippen LogP contribution in [0.5, 0.6) is 0 Å². The molecule has 0 spiro atoms. The Balaban J connectivity index is 3.82. The number of rotatable bonds is 1. The van der Waals surface area contributed by atoms with Gasteiger partial charge in [0.1, 0.15) is 0 Å². The number of halogens is 2. The van der Waals surface area contributed by atoms with Crippen LogP contribution in [0.3, 0.4) is 0 Å². The van der Waals surface area contributed by atoms with Gasteiger partial charge < -0.3 is 0 Å². The average molecular weight is 142 g/mol. The highest BCUT2D eigenvalue weighted by Crippen LogP contribution is 2.01. The van der Waals surface area contributed by atoms with Gasteiger partial charge in [-0.2, -0.15) is 0 Å². The molecule has 0 aliphatic carbocycles. The van der Waals surface area contributed by atoms with Gasteiger partial charge in [0.2, 0.25) is 0 Å². The number of hydrogen-bond donors (Lipinski definition) is 0. The van der Waals surface area contributed by atoms with Crippen LogP contribution in [0.1, 0.15) is 0 Å². The van der Waals surface area contributed by atoms with Gasteiger partial charge in [0.25, 0.3) is 0 Å². The molecule has 0 aliphatic heterocycles. The molecule has 0 N–H and O–H groups in total. The summed E-state index contributed by atoms with van der Waals surface area (Å²) < 4.78 is 0. The SMILES string of the molecule is O=[N+]([O-])C(Cl)=CCl. The number of nitro groups is 1. The van der Waals surface area contributed by atoms with E-state index in [-0.39, 0.29) is 0 Å². The Morgan fingerprint density at radius 3 is 2.29 bits per heavy atom. The van der Waals surface area contributed by atoms with Crippen molar-refractivity contribution in [2.45, 2.75) is 0 Å². The summed E-state index contributed by atoms with van der Waals surface area (Å²) in [6, 6.07) is 0. The monoisotopic (exact) mass is 141 g/mol. The molecule has 0 aromatic heterocycles. The molecule has 0 aromatic carbocycles. The van der Waals surface area contributed by atoms with Crippen molar-refractivity contribution in [1.82, 2.24) is 0 Å². The van der Waals surface area contributed by atoms with Gasteiger partial charge in [-0.05, 0) is 11.6 Å². The van der Waals surface area contributed by atoms with E-state index in [1.807, 2.05) is 0 Å². The fourth-order valence-corrected chi connectivity index (χ4v) is 0.120. The van der Waals surface area contributed by atoms with Crippen LogP contribution < -0.4 is 0 Å². The molecule has 0 unspecified atom stereocenters. The van der Waals surface area contributed by atoms with E-state index in [1.54, 1.807) is 0 Å². The Labute approximate surface area is 49.7 Å². The van der Waals surface area contributed by atoms with E-state index in [1.165, 1.54) is 0 Å². The molecule has 0 aliphatic rings. The highest BCUT2D eigenvalue weighted by molar-refractivity contribution is 6.35. The molecular weight excluding hydrogens is 141 g/mol. The maximum Gasteiger partial charge on any atom is 0.348 e. The Kier molecular flexibility index (Phi) is 2.71. The van der Waals surface area contributed by atoms with E-state index in [2.05, 4.69) is 0 Å². The fourth-order valence-electron chi connectivity index (χ4n) is 0.0398. The van der Waals surface area contributed by atoms with Crippen molar-refractivity contribution >= 4 is 23.2 Å². The van der Waals surface area contributed by atoms with Crippen LogP contribution in [0.25, 0.3) is 0 Å². The topological polar surface area (TPSA) is 43.1 Å². The minimum Gasteiger partial charge on any atom is -0.257 e. The number of nitrogens with zero attached hydrogens (tertiary/aromatic N) is 1. The predicted octanol–water partition coefficient (Wildman–Crippen LogP) is 1.54. The van der Waals surface area contributed by atoms with Crippen LogP contribution in [0.2, 0.25) is 0 Å². The Morgan fingerprint density at radius 2 is 2.29 bits per heavy atom. The summed E-state index contributed by atoms with van der Waals surface area (Å²) in [5, 5.41) is 8.88. The third-order valence-corrected chi connectivity index (χ3v) is 0.830. The Morgan fingerprint density at radius 1 is 1.86 bits per heavy atom. The minimum atomic E-state index is -0.783. The first-order valence-corrected chi connectivity index (χ1v) is 2.10. The maximum absolute atomic E-state index is 9.45. The summed E-state index contributed by atoms with van der Waals surface area (Å²) in [7, 11) is 0. The van der Waals surface area contributed by atoms with Gasteiger partial charge in [0.05, 0.1) is 10.5 Å². The lowest BCUT2D eigenvalue weighted by Crippen LogP contribution is -1.87. The third-order valence-electron chi connectivity index (χ3n) is 0.264. The summed E-state index contributed by atoms with van der Waals surface area (Å²) in [5.74, 6) is 0. The van der Waals surface area contributed by atoms with Gasteiger partial charge in [0, 0.05) is 0 Å². The third kappa shape index (κ3) is 2.42. The fraction of sp³-hybridized carbons (Fsp3) is 0. The van der Waals surface area contributed by atoms with Gasteiger partial charge in [-0.25, -0.2) is 0 Å². The van der Waals surface area contributed by atoms with Crippen molar-refractivity contribution in [1.29, 1.82) is 0 Å². The maximum atomic E-state index is 9.45. The molecule has 0 saturated heterocycles. The zero-order valence-corrected chi connectivity index (χ0v) is 4.61. The molecule has 0 atom stereocenters. The molecule has 0 amide bonds. The van der Waals surface area contributed by atoms with Crippen molar-refractivity contribution in [2.75, 3.05) is 0 Å². The second kappa shape index (κ2) is 2.82. The average Bonchev–Trinajstić information content (AvgIpc) is 1.65. The summed E-state index contributed by atoms with van der Waals surface area (Å²) >= 11 is 9.64. The quantitative estimate of drug-likeness (QED) is 0.316. The molecule has 0 saturated carbocycles. The minimum absolute atomic E-state index is 0.568. The highest BCUT2D eigenvalue weighted by atomic mass is 35.5. The summed E-state index contributed by atoms with van der Waals surface area (Å²) in [6.45, 7) is 0. The zero-order chi connectivity index (χ0) is 5.86. The van der Waals surface area contributed by atoms with Crippen LogP contribution in [0.4, 0.5) is 0 Å². The highest BCUT2D eigenvalue weighted by Gasteiger charge is 2.00. The van der Waals surface area contributed by atoms with Crippen LogP contribution >= 0.6 is 23.2 Å². The molecule has 40 valence electrons. The molecule has 0 heterocycles. The first-order valence-electron chi connectivity index (χ1n) is 1.28. The van der Waals surface area contributed by atoms with Crippen molar-refractivity contribution in [2.24, 2.45) is 0 Å². The van der Waals surface area contributed by atoms with Crippen LogP contribution in [0, 0.1) is 10.1 Å². The molecule has 0 rings (SSSR count). The molecule has 3 nitrogen and oxygen atoms in total. The van der Waals surface area contributed by atoms with Crippen LogP contribution in [-0.2, 0) is 0 Å². The van der Waals surface area contributed by atoms with E-state index in [0.29, 0.717) is 5.54 Å². The summed E-state index contributed by atoms with van der Waals surface area (Å²) in [6.07, 6.45) is 0. The lowest BCUT2D eigenvalue weighted by molar-refractivity contribution is -0.411. The van der Waals surface area contributed by atoms with Crippen LogP contribution in [0.15, 0.2) is 10.7 Å². The predicted molar refractivity (Wildman–Crippen MR) is 26.8 cm³/mol. The normalized spacial score (nSPS) is 11.4. The molecule has 7 heavy (non-hydrogen) atoms. The largest absolute Gasteiger partial charge is 0.348 e. The van der Waals surface area contributed by atoms with Crippen molar-refractivity contribution in [3.63, 3.8) is 0 Å². The van der Waals surface area contributed by atoms with Gasteiger partial charge in [-0.1, -0.05) is 11.6 Å². The van der Waals surface area contributed by atoms with Gasteiger partial charge in [-0.3, -0.25) is 10.1 Å². The summed E-state index contributed by atoms with van der Waals surface area (Å²) in [5.41, 5.74) is 0.696. The van der Waals surface area contributed by atoms with Gasteiger partial charge in [-0.15, -0.1) is 0 Å². The van der Waals surface area contributed by atoms with Crippen molar-refractivity contribution in [3.8, 4) is 0 Å². The molecule has 0 bridgehead atoms. The van der Waals surface area contributed by atoms with E-state index in [0.717, 1.165) is 0 Å². The smallest absolute Gasteiger partial charge is 0.257 e. The van der Waals surface area contributed by atoms with E-state index >= 15 is 0 Å². The second-order valence-electron chi connectivity index (χ2n) is 0.689. The van der Waals surface area contributed by atoms with Crippen molar-refractivity contribution in [3.05, 3.63) is 20.8 Å². The molecule has 0 radical (unpaired) electrons. The number of hydrogen-bond acceptors (Lipinski definition) is 2. The zero-order valence-electron chi connectivity index (χ0n) is 3.10. The first-order chi connectivity index (χ1) is 3.18. The molecule has 0 aromatic rings. The Hall–Kier alpha value is -0.280. The van der Waals surface area contributed by atoms with E-state index < -0.39 is 10.1 Å². The van der Waals surface area contributed by atoms with Gasteiger partial charge >= 0.3 is 5.16 Å². The standard InChI is InChI=1S/C2HCl2NO2/c3-1-2(4)5(6)7/h1H. The van der Waals surface area contributed by atoms with Gasteiger partial charge in [0.15, 0.2) is 0 Å². The van der Waals surface area contributed by atoms with E-state index in [9.17, 15) is 10.1 Å². The Bertz CT molecular complexity index is 110. The second-order valence-corrected chi connectivity index (χ2v) is 1.29. The van der Waals surface area contributed by atoms with Crippen molar-refractivity contribution < 1.29 is 4.92 Å². The molecule has 5 heteroatoms. The lowest BCUT2D eigenvalue weighted by atomic mass is 11.1. The van der Waals surface area contributed by atoms with E-state index in [4.69, 9.17) is 23.2 Å². The molecular formula is C2HCl2NO2. The first kappa shape index (κ1) is 6.72. The van der Waals surface area contributed by atoms with Crippen LogP contribution in [-0.4, -0.2) is 4.92 Å².